The van der Waals surface area contributed by atoms with E-state index in [0.29, 0.717) is 35.8 Å². The van der Waals surface area contributed by atoms with E-state index in [4.69, 9.17) is 25.2 Å². The van der Waals surface area contributed by atoms with E-state index in [0.717, 1.165) is 18.8 Å². The molecule has 3 aromatic rings. The molecule has 1 N–H and O–H groups in total. The van der Waals surface area contributed by atoms with Crippen LogP contribution in [-0.4, -0.2) is 43.7 Å². The Bertz CT molecular complexity index is 1020. The zero-order chi connectivity index (χ0) is 19.5. The van der Waals surface area contributed by atoms with Gasteiger partial charge in [-0.2, -0.15) is 0 Å². The molecule has 0 bridgehead atoms. The molecule has 0 unspecified atom stereocenters. The van der Waals surface area contributed by atoms with E-state index in [2.05, 4.69) is 10.2 Å². The molecule has 1 saturated heterocycles. The number of hydrogen-bond donors (Lipinski definition) is 1. The Balaban J connectivity index is 1.53. The summed E-state index contributed by atoms with van der Waals surface area (Å²) in [6.07, 6.45) is 1.61. The molecule has 1 aliphatic heterocycles. The van der Waals surface area contributed by atoms with E-state index in [1.54, 1.807) is 18.4 Å². The van der Waals surface area contributed by atoms with Crippen molar-refractivity contribution in [2.24, 2.45) is 0 Å². The molecule has 4 rings (SSSR count). The second-order valence-electron chi connectivity index (χ2n) is 6.50. The van der Waals surface area contributed by atoms with E-state index < -0.39 is 5.91 Å². The normalized spacial score (nSPS) is 16.2. The third-order valence-corrected chi connectivity index (χ3v) is 4.96. The molecule has 0 aliphatic carbocycles. The van der Waals surface area contributed by atoms with E-state index in [1.165, 1.54) is 12.1 Å². The quantitative estimate of drug-likeness (QED) is 0.706. The smallest absolute Gasteiger partial charge is 0.287 e. The zero-order valence-corrected chi connectivity index (χ0v) is 15.8. The Labute approximate surface area is 165 Å². The minimum absolute atomic E-state index is 0.0417. The monoisotopic (exact) mass is 402 g/mol. The molecule has 0 radical (unpaired) electrons. The van der Waals surface area contributed by atoms with Crippen LogP contribution in [0.25, 0.3) is 11.0 Å². The fourth-order valence-corrected chi connectivity index (χ4v) is 3.47. The van der Waals surface area contributed by atoms with Crippen LogP contribution < -0.4 is 10.7 Å². The van der Waals surface area contributed by atoms with Crippen LogP contribution >= 0.6 is 11.6 Å². The Morgan fingerprint density at radius 1 is 1.21 bits per heavy atom. The highest BCUT2D eigenvalue weighted by Gasteiger charge is 2.26. The molecule has 28 heavy (non-hydrogen) atoms. The lowest BCUT2D eigenvalue weighted by molar-refractivity contribution is 0.0117. The number of carbonyl (C=O) groups is 1. The maximum Gasteiger partial charge on any atom is 0.287 e. The maximum atomic E-state index is 12.6. The number of benzene rings is 1. The van der Waals surface area contributed by atoms with Gasteiger partial charge in [0.05, 0.1) is 30.9 Å². The molecule has 2 aromatic heterocycles. The van der Waals surface area contributed by atoms with Crippen LogP contribution in [-0.2, 0) is 4.74 Å². The number of carbonyl (C=O) groups excluding carboxylic acids is 1. The molecule has 1 aromatic carbocycles. The van der Waals surface area contributed by atoms with Crippen LogP contribution in [0.3, 0.4) is 0 Å². The summed E-state index contributed by atoms with van der Waals surface area (Å²) < 4.78 is 16.6. The minimum Gasteiger partial charge on any atom is -0.468 e. The number of ether oxygens (including phenoxy) is 1. The minimum atomic E-state index is -0.459. The van der Waals surface area contributed by atoms with E-state index in [1.807, 2.05) is 12.1 Å². The van der Waals surface area contributed by atoms with E-state index >= 15 is 0 Å². The molecule has 146 valence electrons. The number of furan rings is 1. The van der Waals surface area contributed by atoms with Crippen molar-refractivity contribution in [2.75, 3.05) is 32.8 Å². The van der Waals surface area contributed by atoms with Crippen molar-refractivity contribution >= 4 is 28.5 Å². The first-order valence-electron chi connectivity index (χ1n) is 8.98. The summed E-state index contributed by atoms with van der Waals surface area (Å²) in [5.74, 6) is 0.260. The molecule has 0 saturated carbocycles. The van der Waals surface area contributed by atoms with Gasteiger partial charge in [0.2, 0.25) is 0 Å². The Morgan fingerprint density at radius 3 is 2.79 bits per heavy atom. The van der Waals surface area contributed by atoms with Gasteiger partial charge in [-0.25, -0.2) is 0 Å². The van der Waals surface area contributed by atoms with Gasteiger partial charge in [0, 0.05) is 30.7 Å². The predicted octanol–water partition coefficient (Wildman–Crippen LogP) is 2.84. The van der Waals surface area contributed by atoms with Crippen molar-refractivity contribution in [1.82, 2.24) is 10.2 Å². The first-order valence-corrected chi connectivity index (χ1v) is 9.36. The van der Waals surface area contributed by atoms with Crippen molar-refractivity contribution in [3.8, 4) is 0 Å². The van der Waals surface area contributed by atoms with Crippen LogP contribution in [0.5, 0.6) is 0 Å². The summed E-state index contributed by atoms with van der Waals surface area (Å²) in [7, 11) is 0. The third kappa shape index (κ3) is 3.96. The number of rotatable bonds is 5. The van der Waals surface area contributed by atoms with Gasteiger partial charge in [-0.1, -0.05) is 11.6 Å². The van der Waals surface area contributed by atoms with Crippen molar-refractivity contribution < 1.29 is 18.4 Å². The number of morpholine rings is 1. The van der Waals surface area contributed by atoms with Gasteiger partial charge < -0.3 is 18.9 Å². The molecular formula is C20H19ClN2O5. The van der Waals surface area contributed by atoms with Crippen molar-refractivity contribution in [3.63, 3.8) is 0 Å². The lowest BCUT2D eigenvalue weighted by atomic mass is 10.1. The molecule has 7 nitrogen and oxygen atoms in total. The molecule has 3 heterocycles. The average molecular weight is 403 g/mol. The topological polar surface area (TPSA) is 84.9 Å². The van der Waals surface area contributed by atoms with Gasteiger partial charge in [0.25, 0.3) is 5.91 Å². The molecule has 1 amide bonds. The second kappa shape index (κ2) is 8.18. The Kier molecular flexibility index (Phi) is 5.47. The molecule has 0 spiro atoms. The summed E-state index contributed by atoms with van der Waals surface area (Å²) in [5, 5.41) is 3.62. The van der Waals surface area contributed by atoms with Gasteiger partial charge in [0.1, 0.15) is 11.3 Å². The van der Waals surface area contributed by atoms with Crippen LogP contribution in [0, 0.1) is 0 Å². The largest absolute Gasteiger partial charge is 0.468 e. The number of fused-ring (bicyclic) bond motifs is 1. The fraction of sp³-hybridized carbons (Fsp3) is 0.300. The summed E-state index contributed by atoms with van der Waals surface area (Å²) >= 11 is 5.92. The number of hydrogen-bond acceptors (Lipinski definition) is 6. The van der Waals surface area contributed by atoms with Crippen LogP contribution in [0.1, 0.15) is 22.4 Å². The zero-order valence-electron chi connectivity index (χ0n) is 15.0. The molecule has 1 fully saturated rings. The first kappa shape index (κ1) is 18.7. The van der Waals surface area contributed by atoms with Gasteiger partial charge in [-0.15, -0.1) is 0 Å². The van der Waals surface area contributed by atoms with Gasteiger partial charge in [-0.05, 0) is 30.3 Å². The number of amides is 1. The van der Waals surface area contributed by atoms with Crippen LogP contribution in [0.2, 0.25) is 5.02 Å². The SMILES string of the molecule is O=C(NC[C@@H](c1ccco1)N1CCOCC1)c1cc(=O)c2cc(Cl)ccc2o1. The van der Waals surface area contributed by atoms with Gasteiger partial charge >= 0.3 is 0 Å². The highest BCUT2D eigenvalue weighted by molar-refractivity contribution is 6.31. The Morgan fingerprint density at radius 2 is 2.04 bits per heavy atom. The predicted molar refractivity (Wildman–Crippen MR) is 104 cm³/mol. The number of nitrogens with zero attached hydrogens (tertiary/aromatic N) is 1. The fourth-order valence-electron chi connectivity index (χ4n) is 3.30. The second-order valence-corrected chi connectivity index (χ2v) is 6.94. The highest BCUT2D eigenvalue weighted by Crippen LogP contribution is 2.22. The average Bonchev–Trinajstić information content (AvgIpc) is 3.24. The first-order chi connectivity index (χ1) is 13.6. The van der Waals surface area contributed by atoms with Crippen molar-refractivity contribution in [1.29, 1.82) is 0 Å². The van der Waals surface area contributed by atoms with Gasteiger partial charge in [0.15, 0.2) is 11.2 Å². The summed E-state index contributed by atoms with van der Waals surface area (Å²) in [5.41, 5.74) is 0.00229. The van der Waals surface area contributed by atoms with E-state index in [-0.39, 0.29) is 17.2 Å². The lowest BCUT2D eigenvalue weighted by Gasteiger charge is -2.33. The van der Waals surface area contributed by atoms with Crippen LogP contribution in [0.15, 0.2) is 56.3 Å². The molecule has 8 heteroatoms. The molecule has 1 atom stereocenters. The number of nitrogens with one attached hydrogen (secondary N) is 1. The summed E-state index contributed by atoms with van der Waals surface area (Å²) in [6.45, 7) is 3.06. The number of halogens is 1. The van der Waals surface area contributed by atoms with E-state index in [9.17, 15) is 9.59 Å². The Hall–Kier alpha value is -2.61. The van der Waals surface area contributed by atoms with Crippen LogP contribution in [0.4, 0.5) is 0 Å². The van der Waals surface area contributed by atoms with Crippen molar-refractivity contribution in [3.05, 3.63) is 69.4 Å². The lowest BCUT2D eigenvalue weighted by Crippen LogP contribution is -2.43. The maximum absolute atomic E-state index is 12.6. The molecular weight excluding hydrogens is 384 g/mol. The standard InChI is InChI=1S/C20H19ClN2O5/c21-13-3-4-17-14(10-13)16(24)11-19(28-17)20(25)22-12-15(18-2-1-7-27-18)23-5-8-26-9-6-23/h1-4,7,10-11,15H,5-6,8-9,12H2,(H,22,25)/t15-/m0/s1. The summed E-state index contributed by atoms with van der Waals surface area (Å²) in [6, 6.07) is 9.47. The summed E-state index contributed by atoms with van der Waals surface area (Å²) in [4.78, 5) is 27.1. The third-order valence-electron chi connectivity index (χ3n) is 4.73. The van der Waals surface area contributed by atoms with Crippen molar-refractivity contribution in [2.45, 2.75) is 6.04 Å². The highest BCUT2D eigenvalue weighted by atomic mass is 35.5. The van der Waals surface area contributed by atoms with Gasteiger partial charge in [-0.3, -0.25) is 14.5 Å². The molecule has 1 aliphatic rings.